The zero-order chi connectivity index (χ0) is 24.4. The third kappa shape index (κ3) is 4.94. The normalized spacial score (nSPS) is 19.1. The summed E-state index contributed by atoms with van der Waals surface area (Å²) in [5.74, 6) is 0.217. The molecule has 8 heteroatoms. The number of hydrogen-bond donors (Lipinski definition) is 1. The predicted molar refractivity (Wildman–Crippen MR) is 137 cm³/mol. The van der Waals surface area contributed by atoms with Gasteiger partial charge in [-0.05, 0) is 75.6 Å². The number of benzene rings is 1. The first-order valence-corrected chi connectivity index (χ1v) is 12.5. The number of likely N-dealkylation sites (tertiary alicyclic amines) is 1. The molecule has 1 N–H and O–H groups in total. The zero-order valence-corrected chi connectivity index (χ0v) is 20.6. The highest BCUT2D eigenvalue weighted by atomic mass is 16.2. The molecule has 2 aliphatic heterocycles. The van der Waals surface area contributed by atoms with Gasteiger partial charge in [0.15, 0.2) is 0 Å². The quantitative estimate of drug-likeness (QED) is 0.616. The smallest absolute Gasteiger partial charge is 0.260 e. The molecule has 0 radical (unpaired) electrons. The van der Waals surface area contributed by atoms with E-state index in [9.17, 15) is 9.59 Å². The summed E-state index contributed by atoms with van der Waals surface area (Å²) >= 11 is 0. The van der Waals surface area contributed by atoms with Crippen molar-refractivity contribution in [1.29, 1.82) is 0 Å². The summed E-state index contributed by atoms with van der Waals surface area (Å²) in [6, 6.07) is 12.9. The first-order valence-electron chi connectivity index (χ1n) is 12.5. The number of carbonyl (C=O) groups excluding carboxylic acids is 2. The molecule has 0 bridgehead atoms. The van der Waals surface area contributed by atoms with Crippen molar-refractivity contribution in [3.8, 4) is 0 Å². The predicted octanol–water partition coefficient (Wildman–Crippen LogP) is 2.84. The van der Waals surface area contributed by atoms with Crippen molar-refractivity contribution >= 4 is 28.5 Å². The zero-order valence-electron chi connectivity index (χ0n) is 20.6. The van der Waals surface area contributed by atoms with Crippen LogP contribution in [-0.4, -0.2) is 94.9 Å². The van der Waals surface area contributed by atoms with Crippen LogP contribution in [0.2, 0.25) is 0 Å². The lowest BCUT2D eigenvalue weighted by molar-refractivity contribution is -0.134. The number of aromatic amines is 1. The summed E-state index contributed by atoms with van der Waals surface area (Å²) in [4.78, 5) is 43.3. The van der Waals surface area contributed by atoms with Gasteiger partial charge in [-0.3, -0.25) is 19.4 Å². The summed E-state index contributed by atoms with van der Waals surface area (Å²) in [7, 11) is 2.18. The van der Waals surface area contributed by atoms with Crippen LogP contribution < -0.4 is 4.90 Å². The number of amides is 2. The maximum absolute atomic E-state index is 13.7. The van der Waals surface area contributed by atoms with E-state index in [1.807, 2.05) is 54.4 Å². The molecule has 0 aliphatic carbocycles. The molecule has 8 nitrogen and oxygen atoms in total. The number of hydrogen-bond acceptors (Lipinski definition) is 5. The molecule has 1 aromatic carbocycles. The lowest BCUT2D eigenvalue weighted by Gasteiger charge is -2.43. The lowest BCUT2D eigenvalue weighted by Crippen LogP contribution is -2.57. The van der Waals surface area contributed by atoms with Crippen LogP contribution in [0, 0.1) is 0 Å². The van der Waals surface area contributed by atoms with Gasteiger partial charge in [0, 0.05) is 55.7 Å². The molecule has 0 spiro atoms. The number of fused-ring (bicyclic) bond motifs is 1. The fourth-order valence-corrected chi connectivity index (χ4v) is 5.34. The van der Waals surface area contributed by atoms with Crippen molar-refractivity contribution < 1.29 is 9.59 Å². The highest BCUT2D eigenvalue weighted by molar-refractivity contribution is 6.10. The van der Waals surface area contributed by atoms with Crippen LogP contribution in [0.15, 0.2) is 54.9 Å². The van der Waals surface area contributed by atoms with E-state index >= 15 is 0 Å². The van der Waals surface area contributed by atoms with Crippen LogP contribution in [0.5, 0.6) is 0 Å². The van der Waals surface area contributed by atoms with Crippen LogP contribution >= 0.6 is 0 Å². The monoisotopic (exact) mass is 474 g/mol. The highest BCUT2D eigenvalue weighted by Gasteiger charge is 2.34. The SMILES string of the molecule is C[C@H](C(=O)N1CCN(C2CCN(C)CC2)CC1)N(C(=O)c1ccc2cc[nH]c2c1)c1ccccn1. The van der Waals surface area contributed by atoms with E-state index in [1.54, 1.807) is 12.3 Å². The molecular weight excluding hydrogens is 440 g/mol. The van der Waals surface area contributed by atoms with Gasteiger partial charge in [-0.25, -0.2) is 4.98 Å². The minimum atomic E-state index is -0.661. The van der Waals surface area contributed by atoms with Crippen LogP contribution in [-0.2, 0) is 4.79 Å². The molecule has 0 unspecified atom stereocenters. The standard InChI is InChI=1S/C27H34N6O2/c1-20(26(34)32-17-15-31(16-18-32)23-9-13-30(2)14-10-23)33(25-5-3-4-11-29-25)27(35)22-7-6-21-8-12-28-24(21)19-22/h3-8,11-12,19-20,23,28H,9-10,13-18H2,1-2H3/t20-/m1/s1. The summed E-state index contributed by atoms with van der Waals surface area (Å²) in [6.07, 6.45) is 5.89. The van der Waals surface area contributed by atoms with Gasteiger partial charge < -0.3 is 14.8 Å². The number of rotatable bonds is 5. The fraction of sp³-hybridized carbons (Fsp3) is 0.444. The van der Waals surface area contributed by atoms with Crippen molar-refractivity contribution in [3.63, 3.8) is 0 Å². The molecule has 3 aromatic rings. The first-order chi connectivity index (χ1) is 17.0. The Balaban J connectivity index is 1.31. The second-order valence-electron chi connectivity index (χ2n) is 9.71. The molecule has 35 heavy (non-hydrogen) atoms. The Kier molecular flexibility index (Phi) is 6.83. The molecule has 1 atom stereocenters. The Bertz CT molecular complexity index is 1160. The number of aromatic nitrogens is 2. The fourth-order valence-electron chi connectivity index (χ4n) is 5.34. The summed E-state index contributed by atoms with van der Waals surface area (Å²) < 4.78 is 0. The molecule has 4 heterocycles. The Labute approximate surface area is 206 Å². The van der Waals surface area contributed by atoms with Gasteiger partial charge in [0.05, 0.1) is 0 Å². The molecule has 5 rings (SSSR count). The molecule has 2 aromatic heterocycles. The topological polar surface area (TPSA) is 75.8 Å². The van der Waals surface area contributed by atoms with Gasteiger partial charge in [0.2, 0.25) is 5.91 Å². The van der Waals surface area contributed by atoms with Crippen LogP contribution in [0.3, 0.4) is 0 Å². The van der Waals surface area contributed by atoms with E-state index < -0.39 is 6.04 Å². The Hall–Kier alpha value is -3.23. The van der Waals surface area contributed by atoms with Crippen LogP contribution in [0.25, 0.3) is 10.9 Å². The lowest BCUT2D eigenvalue weighted by atomic mass is 10.0. The summed E-state index contributed by atoms with van der Waals surface area (Å²) in [5.41, 5.74) is 1.41. The number of pyridine rings is 1. The summed E-state index contributed by atoms with van der Waals surface area (Å²) in [6.45, 7) is 7.22. The van der Waals surface area contributed by atoms with Crippen molar-refractivity contribution in [2.45, 2.75) is 31.8 Å². The van der Waals surface area contributed by atoms with Crippen molar-refractivity contribution in [3.05, 3.63) is 60.4 Å². The minimum absolute atomic E-state index is 0.0343. The molecule has 0 saturated carbocycles. The van der Waals surface area contributed by atoms with Gasteiger partial charge in [0.1, 0.15) is 11.9 Å². The third-order valence-corrected chi connectivity index (χ3v) is 7.49. The van der Waals surface area contributed by atoms with Gasteiger partial charge in [-0.15, -0.1) is 0 Å². The Morgan fingerprint density at radius 3 is 2.51 bits per heavy atom. The highest BCUT2D eigenvalue weighted by Crippen LogP contribution is 2.23. The average Bonchev–Trinajstić information content (AvgIpc) is 3.37. The molecule has 2 saturated heterocycles. The summed E-state index contributed by atoms with van der Waals surface area (Å²) in [5, 5.41) is 1.04. The van der Waals surface area contributed by atoms with E-state index in [1.165, 1.54) is 17.7 Å². The average molecular weight is 475 g/mol. The molecule has 2 amide bonds. The molecule has 184 valence electrons. The Morgan fingerprint density at radius 2 is 1.80 bits per heavy atom. The van der Waals surface area contributed by atoms with E-state index in [0.29, 0.717) is 30.5 Å². The van der Waals surface area contributed by atoms with E-state index in [-0.39, 0.29) is 11.8 Å². The van der Waals surface area contributed by atoms with Gasteiger partial charge >= 0.3 is 0 Å². The maximum atomic E-state index is 13.7. The molecular formula is C27H34N6O2. The number of piperidine rings is 1. The first kappa shape index (κ1) is 23.5. The van der Waals surface area contributed by atoms with Gasteiger partial charge in [0.25, 0.3) is 5.91 Å². The number of carbonyl (C=O) groups is 2. The van der Waals surface area contributed by atoms with E-state index in [4.69, 9.17) is 0 Å². The number of piperazine rings is 1. The van der Waals surface area contributed by atoms with E-state index in [0.717, 1.165) is 37.1 Å². The number of anilines is 1. The van der Waals surface area contributed by atoms with Gasteiger partial charge in [-0.2, -0.15) is 0 Å². The van der Waals surface area contributed by atoms with Crippen molar-refractivity contribution in [2.24, 2.45) is 0 Å². The van der Waals surface area contributed by atoms with Crippen molar-refractivity contribution in [1.82, 2.24) is 24.7 Å². The largest absolute Gasteiger partial charge is 0.361 e. The number of nitrogens with one attached hydrogen (secondary N) is 1. The van der Waals surface area contributed by atoms with Gasteiger partial charge in [-0.1, -0.05) is 12.1 Å². The third-order valence-electron chi connectivity index (χ3n) is 7.49. The van der Waals surface area contributed by atoms with Crippen LogP contribution in [0.4, 0.5) is 5.82 Å². The van der Waals surface area contributed by atoms with Crippen LogP contribution in [0.1, 0.15) is 30.1 Å². The molecule has 2 aliphatic rings. The van der Waals surface area contributed by atoms with E-state index in [2.05, 4.69) is 26.8 Å². The number of nitrogens with zero attached hydrogens (tertiary/aromatic N) is 5. The Morgan fingerprint density at radius 1 is 1.03 bits per heavy atom. The van der Waals surface area contributed by atoms with Crippen molar-refractivity contribution in [2.75, 3.05) is 51.2 Å². The second kappa shape index (κ2) is 10.2. The molecule has 2 fully saturated rings. The number of H-pyrrole nitrogens is 1. The minimum Gasteiger partial charge on any atom is -0.361 e. The maximum Gasteiger partial charge on any atom is 0.260 e. The second-order valence-corrected chi connectivity index (χ2v) is 9.71.